The molecule has 1 atom stereocenters. The zero-order valence-corrected chi connectivity index (χ0v) is 10.3. The van der Waals surface area contributed by atoms with E-state index in [4.69, 9.17) is 0 Å². The molecule has 14 heavy (non-hydrogen) atoms. The summed E-state index contributed by atoms with van der Waals surface area (Å²) in [7, 11) is 0. The molecule has 0 spiro atoms. The lowest BCUT2D eigenvalue weighted by Gasteiger charge is -2.05. The Labute approximate surface area is 96.4 Å². The second-order valence-electron chi connectivity index (χ2n) is 3.51. The molecule has 1 nitrogen and oxygen atoms in total. The number of carbonyl (C=O) groups excluding carboxylic acids is 1. The summed E-state index contributed by atoms with van der Waals surface area (Å²) in [6, 6.07) is 5.87. The van der Waals surface area contributed by atoms with Crippen LogP contribution in [0.3, 0.4) is 0 Å². The summed E-state index contributed by atoms with van der Waals surface area (Å²) in [5.41, 5.74) is 2.06. The number of hydrogen-bond acceptors (Lipinski definition) is 2. The number of thioether (sulfide) groups is 1. The molecule has 1 aliphatic rings. The molecule has 1 heterocycles. The molecule has 3 heteroatoms. The van der Waals surface area contributed by atoms with E-state index in [1.165, 1.54) is 0 Å². The first-order valence-corrected chi connectivity index (χ1v) is 6.45. The van der Waals surface area contributed by atoms with Gasteiger partial charge in [0.15, 0.2) is 5.78 Å². The molecule has 0 bridgehead atoms. The molecule has 0 saturated heterocycles. The fraction of sp³-hybridized carbons (Fsp3) is 0.364. The standard InChI is InChI=1S/C11H11BrOS/c1-7-5-11(13)8-3-2-4-10(12)9(8)6-14-7/h2-4,7H,5-6H2,1H3. The number of fused-ring (bicyclic) bond motifs is 1. The molecule has 0 fully saturated rings. The first kappa shape index (κ1) is 10.2. The van der Waals surface area contributed by atoms with Crippen molar-refractivity contribution in [1.29, 1.82) is 0 Å². The summed E-state index contributed by atoms with van der Waals surface area (Å²) in [5.74, 6) is 1.21. The van der Waals surface area contributed by atoms with Crippen LogP contribution >= 0.6 is 27.7 Å². The van der Waals surface area contributed by atoms with Gasteiger partial charge in [-0.15, -0.1) is 0 Å². The monoisotopic (exact) mass is 270 g/mol. The highest BCUT2D eigenvalue weighted by molar-refractivity contribution is 9.10. The van der Waals surface area contributed by atoms with E-state index in [0.29, 0.717) is 11.7 Å². The normalized spacial score (nSPS) is 21.6. The summed E-state index contributed by atoms with van der Waals surface area (Å²) in [6.45, 7) is 2.11. The van der Waals surface area contributed by atoms with E-state index >= 15 is 0 Å². The number of ketones is 1. The molecule has 1 unspecified atom stereocenters. The van der Waals surface area contributed by atoms with Crippen LogP contribution in [-0.4, -0.2) is 11.0 Å². The average Bonchev–Trinajstić information content (AvgIpc) is 2.28. The van der Waals surface area contributed by atoms with Gasteiger partial charge in [0.05, 0.1) is 0 Å². The third-order valence-corrected chi connectivity index (χ3v) is 4.34. The summed E-state index contributed by atoms with van der Waals surface area (Å²) < 4.78 is 1.06. The first-order valence-electron chi connectivity index (χ1n) is 4.60. The zero-order valence-electron chi connectivity index (χ0n) is 7.92. The molecule has 0 saturated carbocycles. The smallest absolute Gasteiger partial charge is 0.164 e. The van der Waals surface area contributed by atoms with Crippen LogP contribution in [0, 0.1) is 0 Å². The zero-order chi connectivity index (χ0) is 10.1. The van der Waals surface area contributed by atoms with Gasteiger partial charge in [-0.25, -0.2) is 0 Å². The van der Waals surface area contributed by atoms with Crippen LogP contribution in [0.4, 0.5) is 0 Å². The number of hydrogen-bond donors (Lipinski definition) is 0. The van der Waals surface area contributed by atoms with Gasteiger partial charge in [-0.05, 0) is 11.6 Å². The van der Waals surface area contributed by atoms with Gasteiger partial charge in [0.2, 0.25) is 0 Å². The quantitative estimate of drug-likeness (QED) is 0.716. The van der Waals surface area contributed by atoms with E-state index in [2.05, 4.69) is 22.9 Å². The fourth-order valence-electron chi connectivity index (χ4n) is 1.62. The van der Waals surface area contributed by atoms with Crippen molar-refractivity contribution in [1.82, 2.24) is 0 Å². The predicted octanol–water partition coefficient (Wildman–Crippen LogP) is 3.66. The molecule has 1 aromatic rings. The topological polar surface area (TPSA) is 17.1 Å². The van der Waals surface area contributed by atoms with Gasteiger partial charge in [-0.2, -0.15) is 11.8 Å². The molecule has 1 aliphatic heterocycles. The SMILES string of the molecule is CC1CC(=O)c2cccc(Br)c2CS1. The minimum atomic E-state index is 0.277. The maximum absolute atomic E-state index is 11.8. The lowest BCUT2D eigenvalue weighted by molar-refractivity contribution is 0.0983. The number of benzene rings is 1. The third kappa shape index (κ3) is 1.89. The maximum Gasteiger partial charge on any atom is 0.164 e. The van der Waals surface area contributed by atoms with E-state index in [1.54, 1.807) is 0 Å². The third-order valence-electron chi connectivity index (χ3n) is 2.40. The van der Waals surface area contributed by atoms with E-state index < -0.39 is 0 Å². The lowest BCUT2D eigenvalue weighted by atomic mass is 10.0. The molecular formula is C11H11BrOS. The van der Waals surface area contributed by atoms with Crippen molar-refractivity contribution in [3.8, 4) is 0 Å². The molecule has 0 amide bonds. The summed E-state index contributed by atoms with van der Waals surface area (Å²) in [5, 5.41) is 0.432. The Bertz CT molecular complexity index is 376. The van der Waals surface area contributed by atoms with Gasteiger partial charge in [0.25, 0.3) is 0 Å². The summed E-state index contributed by atoms with van der Waals surface area (Å²) >= 11 is 5.35. The van der Waals surface area contributed by atoms with Gasteiger partial charge in [0, 0.05) is 27.5 Å². The molecule has 0 aromatic heterocycles. The van der Waals surface area contributed by atoms with E-state index in [9.17, 15) is 4.79 Å². The maximum atomic E-state index is 11.8. The number of carbonyl (C=O) groups is 1. The lowest BCUT2D eigenvalue weighted by Crippen LogP contribution is -2.05. The van der Waals surface area contributed by atoms with Crippen LogP contribution in [0.5, 0.6) is 0 Å². The van der Waals surface area contributed by atoms with Crippen molar-refractivity contribution in [3.05, 3.63) is 33.8 Å². The summed E-state index contributed by atoms with van der Waals surface area (Å²) in [4.78, 5) is 11.8. The predicted molar refractivity (Wildman–Crippen MR) is 63.8 cm³/mol. The van der Waals surface area contributed by atoms with E-state index in [-0.39, 0.29) is 5.78 Å². The Kier molecular flexibility index (Phi) is 2.98. The second kappa shape index (κ2) is 4.07. The van der Waals surface area contributed by atoms with Crippen LogP contribution in [0.1, 0.15) is 29.3 Å². The van der Waals surface area contributed by atoms with Crippen molar-refractivity contribution in [3.63, 3.8) is 0 Å². The minimum Gasteiger partial charge on any atom is -0.294 e. The Hall–Kier alpha value is -0.280. The Morgan fingerprint density at radius 3 is 3.07 bits per heavy atom. The van der Waals surface area contributed by atoms with Crippen LogP contribution in [0.2, 0.25) is 0 Å². The van der Waals surface area contributed by atoms with E-state index in [1.807, 2.05) is 30.0 Å². The van der Waals surface area contributed by atoms with Crippen molar-refractivity contribution in [2.24, 2.45) is 0 Å². The number of rotatable bonds is 0. The van der Waals surface area contributed by atoms with Crippen LogP contribution in [0.25, 0.3) is 0 Å². The fourth-order valence-corrected chi connectivity index (χ4v) is 3.35. The van der Waals surface area contributed by atoms with Gasteiger partial charge in [-0.3, -0.25) is 4.79 Å². The van der Waals surface area contributed by atoms with Gasteiger partial charge in [0.1, 0.15) is 0 Å². The Balaban J connectivity index is 2.48. The molecule has 1 aromatic carbocycles. The number of Topliss-reactive ketones (excluding diaryl/α,β-unsaturated/α-hetero) is 1. The molecule has 2 rings (SSSR count). The van der Waals surface area contributed by atoms with Crippen molar-refractivity contribution in [2.45, 2.75) is 24.3 Å². The molecular weight excluding hydrogens is 260 g/mol. The Morgan fingerprint density at radius 1 is 1.50 bits per heavy atom. The van der Waals surface area contributed by atoms with E-state index in [0.717, 1.165) is 21.4 Å². The van der Waals surface area contributed by atoms with Crippen molar-refractivity contribution >= 4 is 33.5 Å². The highest BCUT2D eigenvalue weighted by Gasteiger charge is 2.21. The van der Waals surface area contributed by atoms with Crippen molar-refractivity contribution in [2.75, 3.05) is 0 Å². The second-order valence-corrected chi connectivity index (χ2v) is 5.80. The molecule has 74 valence electrons. The first-order chi connectivity index (χ1) is 6.68. The average molecular weight is 271 g/mol. The van der Waals surface area contributed by atoms with Crippen molar-refractivity contribution < 1.29 is 4.79 Å². The highest BCUT2D eigenvalue weighted by Crippen LogP contribution is 2.32. The summed E-state index contributed by atoms with van der Waals surface area (Å²) in [6.07, 6.45) is 0.661. The van der Waals surface area contributed by atoms with Gasteiger partial charge < -0.3 is 0 Å². The highest BCUT2D eigenvalue weighted by atomic mass is 79.9. The largest absolute Gasteiger partial charge is 0.294 e. The molecule has 0 aliphatic carbocycles. The molecule has 0 N–H and O–H groups in total. The minimum absolute atomic E-state index is 0.277. The van der Waals surface area contributed by atoms with Gasteiger partial charge in [-0.1, -0.05) is 35.0 Å². The van der Waals surface area contributed by atoms with Crippen LogP contribution in [-0.2, 0) is 5.75 Å². The molecule has 0 radical (unpaired) electrons. The van der Waals surface area contributed by atoms with Crippen LogP contribution in [0.15, 0.2) is 22.7 Å². The Morgan fingerprint density at radius 2 is 2.29 bits per heavy atom. The number of halogens is 1. The van der Waals surface area contributed by atoms with Crippen LogP contribution < -0.4 is 0 Å². The van der Waals surface area contributed by atoms with Gasteiger partial charge >= 0.3 is 0 Å².